The fraction of sp³-hybridized carbons (Fsp3) is 1.00. The summed E-state index contributed by atoms with van der Waals surface area (Å²) in [5.41, 5.74) is 0. The molecule has 0 radical (unpaired) electrons. The van der Waals surface area contributed by atoms with E-state index in [1.807, 2.05) is 0 Å². The Morgan fingerprint density at radius 2 is 1.58 bits per heavy atom. The molecule has 0 amide bonds. The monoisotopic (exact) mass is 240 g/mol. The molecule has 0 aromatic heterocycles. The molecule has 0 atom stereocenters. The van der Waals surface area contributed by atoms with Gasteiger partial charge in [-0.15, -0.1) is 0 Å². The van der Waals surface area contributed by atoms with Gasteiger partial charge in [0.1, 0.15) is 0 Å². The molecule has 0 fully saturated rings. The van der Waals surface area contributed by atoms with Gasteiger partial charge in [-0.2, -0.15) is 0 Å². The summed E-state index contributed by atoms with van der Waals surface area (Å²) >= 11 is 3.27. The van der Waals surface area contributed by atoms with Crippen LogP contribution in [0.5, 0.6) is 0 Å². The number of hydrogen-bond donors (Lipinski definition) is 0. The Labute approximate surface area is 82.5 Å². The molecular weight excluding hydrogens is 224 g/mol. The average Bonchev–Trinajstić information content (AvgIpc) is 2.10. The second-order valence-electron chi connectivity index (χ2n) is 2.26. The maximum atomic E-state index is 5.26. The zero-order valence-corrected chi connectivity index (χ0v) is 9.14. The highest BCUT2D eigenvalue weighted by Crippen LogP contribution is 1.85. The van der Waals surface area contributed by atoms with Gasteiger partial charge in [0.05, 0.1) is 19.8 Å². The number of alkyl halides is 1. The molecule has 0 saturated heterocycles. The number of halogens is 1. The van der Waals surface area contributed by atoms with Crippen molar-refractivity contribution in [2.45, 2.75) is 6.42 Å². The number of hydrogen-bond acceptors (Lipinski definition) is 3. The van der Waals surface area contributed by atoms with E-state index in [-0.39, 0.29) is 0 Å². The predicted octanol–water partition coefficient (Wildman–Crippen LogP) is 1.45. The third-order valence-corrected chi connectivity index (χ3v) is 1.55. The van der Waals surface area contributed by atoms with Gasteiger partial charge in [0, 0.05) is 25.7 Å². The molecule has 0 rings (SSSR count). The van der Waals surface area contributed by atoms with Crippen molar-refractivity contribution in [3.8, 4) is 0 Å². The molecule has 0 aliphatic carbocycles. The van der Waals surface area contributed by atoms with Gasteiger partial charge in [0.15, 0.2) is 0 Å². The summed E-state index contributed by atoms with van der Waals surface area (Å²) in [7, 11) is 1.69. The maximum Gasteiger partial charge on any atom is 0.0700 e. The van der Waals surface area contributed by atoms with Crippen molar-refractivity contribution in [2.75, 3.05) is 45.5 Å². The van der Waals surface area contributed by atoms with Crippen LogP contribution < -0.4 is 0 Å². The van der Waals surface area contributed by atoms with E-state index in [4.69, 9.17) is 14.2 Å². The van der Waals surface area contributed by atoms with Crippen LogP contribution in [0.3, 0.4) is 0 Å². The van der Waals surface area contributed by atoms with E-state index in [1.54, 1.807) is 7.11 Å². The van der Waals surface area contributed by atoms with Crippen LogP contribution in [0, 0.1) is 0 Å². The van der Waals surface area contributed by atoms with Crippen molar-refractivity contribution in [3.05, 3.63) is 0 Å². The van der Waals surface area contributed by atoms with Crippen molar-refractivity contribution >= 4 is 15.9 Å². The standard InChI is InChI=1S/C8H17BrO3/c1-10-4-2-5-11-7-8-12-6-3-9/h2-8H2,1H3. The first-order valence-corrected chi connectivity index (χ1v) is 5.24. The molecule has 0 saturated carbocycles. The zero-order chi connectivity index (χ0) is 9.07. The van der Waals surface area contributed by atoms with Crippen molar-refractivity contribution in [2.24, 2.45) is 0 Å². The molecule has 0 aromatic rings. The largest absolute Gasteiger partial charge is 0.385 e. The Kier molecular flexibility index (Phi) is 11.7. The number of rotatable bonds is 9. The summed E-state index contributed by atoms with van der Waals surface area (Å²) in [6.45, 7) is 3.63. The molecule has 0 aliphatic heterocycles. The van der Waals surface area contributed by atoms with Crippen LogP contribution >= 0.6 is 15.9 Å². The highest BCUT2D eigenvalue weighted by molar-refractivity contribution is 9.09. The normalized spacial score (nSPS) is 10.5. The van der Waals surface area contributed by atoms with Crippen LogP contribution in [-0.2, 0) is 14.2 Å². The summed E-state index contributed by atoms with van der Waals surface area (Å²) in [6.07, 6.45) is 0.953. The first-order chi connectivity index (χ1) is 5.91. The van der Waals surface area contributed by atoms with Crippen molar-refractivity contribution in [1.82, 2.24) is 0 Å². The van der Waals surface area contributed by atoms with Crippen molar-refractivity contribution in [3.63, 3.8) is 0 Å². The van der Waals surface area contributed by atoms with E-state index >= 15 is 0 Å². The molecule has 74 valence electrons. The zero-order valence-electron chi connectivity index (χ0n) is 7.55. The highest BCUT2D eigenvalue weighted by Gasteiger charge is 1.89. The smallest absolute Gasteiger partial charge is 0.0700 e. The summed E-state index contributed by atoms with van der Waals surface area (Å²) in [4.78, 5) is 0. The van der Waals surface area contributed by atoms with Crippen LogP contribution in [0.15, 0.2) is 0 Å². The summed E-state index contributed by atoms with van der Waals surface area (Å²) in [5.74, 6) is 0. The third kappa shape index (κ3) is 10.4. The Balaban J connectivity index is 2.73. The van der Waals surface area contributed by atoms with Gasteiger partial charge in [0.25, 0.3) is 0 Å². The quantitative estimate of drug-likeness (QED) is 0.451. The predicted molar refractivity (Wildman–Crippen MR) is 51.9 cm³/mol. The van der Waals surface area contributed by atoms with Crippen LogP contribution in [0.1, 0.15) is 6.42 Å². The van der Waals surface area contributed by atoms with Crippen LogP contribution in [0.25, 0.3) is 0 Å². The molecule has 0 spiro atoms. The lowest BCUT2D eigenvalue weighted by molar-refractivity contribution is 0.0452. The first kappa shape index (κ1) is 12.4. The van der Waals surface area contributed by atoms with Crippen LogP contribution in [0.4, 0.5) is 0 Å². The Morgan fingerprint density at radius 1 is 0.917 bits per heavy atom. The van der Waals surface area contributed by atoms with Gasteiger partial charge in [-0.25, -0.2) is 0 Å². The lowest BCUT2D eigenvalue weighted by Gasteiger charge is -2.03. The van der Waals surface area contributed by atoms with E-state index < -0.39 is 0 Å². The van der Waals surface area contributed by atoms with Gasteiger partial charge in [-0.05, 0) is 6.42 Å². The molecule has 0 aliphatic rings. The topological polar surface area (TPSA) is 27.7 Å². The van der Waals surface area contributed by atoms with Gasteiger partial charge in [-0.3, -0.25) is 0 Å². The SMILES string of the molecule is COCCCOCCOCCBr. The number of methoxy groups -OCH3 is 1. The van der Waals surface area contributed by atoms with Gasteiger partial charge < -0.3 is 14.2 Å². The van der Waals surface area contributed by atoms with Crippen LogP contribution in [-0.4, -0.2) is 45.5 Å². The molecule has 3 nitrogen and oxygen atoms in total. The maximum absolute atomic E-state index is 5.26. The van der Waals surface area contributed by atoms with E-state index in [1.165, 1.54) is 0 Å². The minimum Gasteiger partial charge on any atom is -0.385 e. The minimum absolute atomic E-state index is 0.677. The molecular formula is C8H17BrO3. The molecule has 0 unspecified atom stereocenters. The lowest BCUT2D eigenvalue weighted by Crippen LogP contribution is -2.07. The Bertz CT molecular complexity index is 70.7. The van der Waals surface area contributed by atoms with Crippen LogP contribution in [0.2, 0.25) is 0 Å². The minimum atomic E-state index is 0.677. The fourth-order valence-corrected chi connectivity index (χ4v) is 0.911. The van der Waals surface area contributed by atoms with Gasteiger partial charge in [-0.1, -0.05) is 15.9 Å². The Hall–Kier alpha value is 0.360. The van der Waals surface area contributed by atoms with E-state index in [0.717, 1.165) is 31.6 Å². The van der Waals surface area contributed by atoms with E-state index in [0.29, 0.717) is 13.2 Å². The van der Waals surface area contributed by atoms with E-state index in [2.05, 4.69) is 15.9 Å². The molecule has 0 bridgehead atoms. The molecule has 0 N–H and O–H groups in total. The summed E-state index contributed by atoms with van der Waals surface area (Å²) in [5, 5.41) is 0.886. The van der Waals surface area contributed by atoms with Gasteiger partial charge >= 0.3 is 0 Å². The average molecular weight is 241 g/mol. The molecule has 12 heavy (non-hydrogen) atoms. The second-order valence-corrected chi connectivity index (χ2v) is 3.05. The molecule has 4 heteroatoms. The lowest BCUT2D eigenvalue weighted by atomic mass is 10.5. The fourth-order valence-electron chi connectivity index (χ4n) is 0.682. The second kappa shape index (κ2) is 11.4. The van der Waals surface area contributed by atoms with Crippen molar-refractivity contribution in [1.29, 1.82) is 0 Å². The van der Waals surface area contributed by atoms with E-state index in [9.17, 15) is 0 Å². The number of ether oxygens (including phenoxy) is 3. The highest BCUT2D eigenvalue weighted by atomic mass is 79.9. The van der Waals surface area contributed by atoms with Crippen molar-refractivity contribution < 1.29 is 14.2 Å². The molecule has 0 heterocycles. The summed E-state index contributed by atoms with van der Waals surface area (Å²) in [6, 6.07) is 0. The summed E-state index contributed by atoms with van der Waals surface area (Å²) < 4.78 is 15.3. The molecule has 0 aromatic carbocycles. The third-order valence-electron chi connectivity index (χ3n) is 1.23. The first-order valence-electron chi connectivity index (χ1n) is 4.12. The Morgan fingerprint density at radius 3 is 2.17 bits per heavy atom. The van der Waals surface area contributed by atoms with Gasteiger partial charge in [0.2, 0.25) is 0 Å².